The molecule has 0 saturated carbocycles. The number of hydrogen-bond acceptors (Lipinski definition) is 5. The van der Waals surface area contributed by atoms with Crippen molar-refractivity contribution >= 4 is 5.69 Å². The molecule has 6 heteroatoms. The Kier molecular flexibility index (Phi) is 4.35. The number of rotatable bonds is 4. The van der Waals surface area contributed by atoms with Crippen molar-refractivity contribution in [2.45, 2.75) is 6.54 Å². The summed E-state index contributed by atoms with van der Waals surface area (Å²) in [5, 5.41) is 14.1. The van der Waals surface area contributed by atoms with Gasteiger partial charge in [0.1, 0.15) is 5.75 Å². The molecule has 6 nitrogen and oxygen atoms in total. The van der Waals surface area contributed by atoms with Crippen LogP contribution in [0.1, 0.15) is 5.89 Å². The number of nitrogens with zero attached hydrogens (tertiary/aromatic N) is 3. The summed E-state index contributed by atoms with van der Waals surface area (Å²) in [7, 11) is 0. The van der Waals surface area contributed by atoms with Gasteiger partial charge in [-0.1, -0.05) is 47.6 Å². The van der Waals surface area contributed by atoms with E-state index in [0.717, 1.165) is 44.0 Å². The van der Waals surface area contributed by atoms with Gasteiger partial charge in [-0.25, -0.2) is 0 Å². The minimum atomic E-state index is 0.343. The molecule has 0 bridgehead atoms. The third-order valence-electron chi connectivity index (χ3n) is 4.59. The van der Waals surface area contributed by atoms with E-state index in [-0.39, 0.29) is 0 Å². The highest BCUT2D eigenvalue weighted by molar-refractivity contribution is 5.57. The topological polar surface area (TPSA) is 66.8 Å². The van der Waals surface area contributed by atoms with Gasteiger partial charge in [-0.3, -0.25) is 0 Å². The highest BCUT2D eigenvalue weighted by atomic mass is 16.5. The van der Waals surface area contributed by atoms with Crippen LogP contribution in [0, 0.1) is 0 Å². The standard InChI is InChI=1S/C19H20N4O2/c24-17-9-5-4-8-16(17)23-12-10-22(11-13-23)14-18-20-19(21-25-18)15-6-2-1-3-7-15/h1-9,24H,10-14H2/p+1. The van der Waals surface area contributed by atoms with Crippen LogP contribution in [0.25, 0.3) is 11.4 Å². The van der Waals surface area contributed by atoms with Gasteiger partial charge in [-0.05, 0) is 12.1 Å². The molecule has 2 N–H and O–H groups in total. The lowest BCUT2D eigenvalue weighted by molar-refractivity contribution is -0.915. The molecule has 2 heterocycles. The first-order chi connectivity index (χ1) is 12.3. The summed E-state index contributed by atoms with van der Waals surface area (Å²) in [5.74, 6) is 1.66. The normalized spacial score (nSPS) is 15.4. The summed E-state index contributed by atoms with van der Waals surface area (Å²) in [6.07, 6.45) is 0. The quantitative estimate of drug-likeness (QED) is 0.752. The second-order valence-electron chi connectivity index (χ2n) is 6.28. The molecule has 0 spiro atoms. The van der Waals surface area contributed by atoms with E-state index < -0.39 is 0 Å². The zero-order valence-electron chi connectivity index (χ0n) is 13.9. The fourth-order valence-electron chi connectivity index (χ4n) is 3.22. The number of benzene rings is 2. The zero-order valence-corrected chi connectivity index (χ0v) is 13.9. The lowest BCUT2D eigenvalue weighted by Gasteiger charge is -2.33. The third kappa shape index (κ3) is 3.49. The summed E-state index contributed by atoms with van der Waals surface area (Å²) >= 11 is 0. The van der Waals surface area contributed by atoms with Crippen molar-refractivity contribution in [3.05, 3.63) is 60.5 Å². The average molecular weight is 337 g/mol. The molecular formula is C19H21N4O2+. The Morgan fingerprint density at radius 2 is 1.72 bits per heavy atom. The molecule has 4 rings (SSSR count). The van der Waals surface area contributed by atoms with Gasteiger partial charge >= 0.3 is 0 Å². The van der Waals surface area contributed by atoms with Crippen LogP contribution in [-0.2, 0) is 6.54 Å². The van der Waals surface area contributed by atoms with Crippen LogP contribution in [0.3, 0.4) is 0 Å². The summed E-state index contributed by atoms with van der Waals surface area (Å²) in [4.78, 5) is 8.15. The molecule has 1 aliphatic rings. The number of aromatic nitrogens is 2. The van der Waals surface area contributed by atoms with Crippen LogP contribution in [0.2, 0.25) is 0 Å². The van der Waals surface area contributed by atoms with Crippen molar-refractivity contribution < 1.29 is 14.5 Å². The molecule has 128 valence electrons. The van der Waals surface area contributed by atoms with Crippen LogP contribution in [-0.4, -0.2) is 41.4 Å². The number of nitrogens with one attached hydrogen (secondary N) is 1. The maximum atomic E-state index is 9.99. The summed E-state index contributed by atoms with van der Waals surface area (Å²) in [6, 6.07) is 17.4. The molecule has 0 aliphatic carbocycles. The highest BCUT2D eigenvalue weighted by Gasteiger charge is 2.23. The van der Waals surface area contributed by atoms with Gasteiger partial charge in [0.05, 0.1) is 31.9 Å². The SMILES string of the molecule is Oc1ccccc1N1CC[NH+](Cc2nc(-c3ccccc3)no2)CC1. The average Bonchev–Trinajstić information content (AvgIpc) is 3.12. The van der Waals surface area contributed by atoms with Crippen LogP contribution in [0.15, 0.2) is 59.1 Å². The molecule has 0 atom stereocenters. The molecule has 0 unspecified atom stereocenters. The number of quaternary nitrogens is 1. The van der Waals surface area contributed by atoms with E-state index in [4.69, 9.17) is 4.52 Å². The van der Waals surface area contributed by atoms with Crippen molar-refractivity contribution in [1.82, 2.24) is 10.1 Å². The number of anilines is 1. The first kappa shape index (κ1) is 15.7. The lowest BCUT2D eigenvalue weighted by atomic mass is 10.2. The Morgan fingerprint density at radius 1 is 1.00 bits per heavy atom. The number of phenols is 1. The van der Waals surface area contributed by atoms with E-state index in [0.29, 0.717) is 17.5 Å². The number of aromatic hydroxyl groups is 1. The summed E-state index contributed by atoms with van der Waals surface area (Å²) in [5.41, 5.74) is 1.88. The molecule has 25 heavy (non-hydrogen) atoms. The molecule has 0 radical (unpaired) electrons. The Labute approximate surface area is 146 Å². The Morgan fingerprint density at radius 3 is 2.48 bits per heavy atom. The minimum absolute atomic E-state index is 0.343. The van der Waals surface area contributed by atoms with Crippen LogP contribution >= 0.6 is 0 Å². The zero-order chi connectivity index (χ0) is 17.1. The molecule has 1 fully saturated rings. The second-order valence-corrected chi connectivity index (χ2v) is 6.28. The van der Waals surface area contributed by atoms with Crippen LogP contribution in [0.4, 0.5) is 5.69 Å². The van der Waals surface area contributed by atoms with Crippen molar-refractivity contribution in [2.24, 2.45) is 0 Å². The Balaban J connectivity index is 1.36. The first-order valence-electron chi connectivity index (χ1n) is 8.54. The summed E-state index contributed by atoms with van der Waals surface area (Å²) in [6.45, 7) is 4.46. The third-order valence-corrected chi connectivity index (χ3v) is 4.59. The van der Waals surface area contributed by atoms with Crippen molar-refractivity contribution in [1.29, 1.82) is 0 Å². The molecule has 0 amide bonds. The van der Waals surface area contributed by atoms with Gasteiger partial charge in [0, 0.05) is 5.56 Å². The van der Waals surface area contributed by atoms with E-state index in [1.165, 1.54) is 4.90 Å². The van der Waals surface area contributed by atoms with E-state index in [2.05, 4.69) is 15.0 Å². The molecular weight excluding hydrogens is 316 g/mol. The monoisotopic (exact) mass is 337 g/mol. The number of piperazine rings is 1. The van der Waals surface area contributed by atoms with Crippen LogP contribution in [0.5, 0.6) is 5.75 Å². The van der Waals surface area contributed by atoms with Crippen molar-refractivity contribution in [2.75, 3.05) is 31.1 Å². The fraction of sp³-hybridized carbons (Fsp3) is 0.263. The molecule has 1 saturated heterocycles. The molecule has 2 aromatic carbocycles. The van der Waals surface area contributed by atoms with E-state index in [1.54, 1.807) is 6.07 Å². The fourth-order valence-corrected chi connectivity index (χ4v) is 3.22. The van der Waals surface area contributed by atoms with Gasteiger partial charge in [0.2, 0.25) is 5.82 Å². The largest absolute Gasteiger partial charge is 0.506 e. The van der Waals surface area contributed by atoms with Crippen molar-refractivity contribution in [3.8, 4) is 17.1 Å². The van der Waals surface area contributed by atoms with Gasteiger partial charge in [0.15, 0.2) is 6.54 Å². The molecule has 1 aliphatic heterocycles. The van der Waals surface area contributed by atoms with Gasteiger partial charge in [0.25, 0.3) is 5.89 Å². The van der Waals surface area contributed by atoms with Crippen LogP contribution < -0.4 is 9.80 Å². The Hall–Kier alpha value is -2.86. The molecule has 3 aromatic rings. The van der Waals surface area contributed by atoms with Crippen molar-refractivity contribution in [3.63, 3.8) is 0 Å². The first-order valence-corrected chi connectivity index (χ1v) is 8.54. The van der Waals surface area contributed by atoms with Gasteiger partial charge in [-0.15, -0.1) is 0 Å². The maximum Gasteiger partial charge on any atom is 0.282 e. The summed E-state index contributed by atoms with van der Waals surface area (Å²) < 4.78 is 5.42. The number of para-hydroxylation sites is 2. The second kappa shape index (κ2) is 6.94. The Bertz CT molecular complexity index is 826. The van der Waals surface area contributed by atoms with Gasteiger partial charge < -0.3 is 19.4 Å². The number of phenolic OH excluding ortho intramolecular Hbond substituents is 1. The maximum absolute atomic E-state index is 9.99. The lowest BCUT2D eigenvalue weighted by Crippen LogP contribution is -3.13. The van der Waals surface area contributed by atoms with E-state index in [9.17, 15) is 5.11 Å². The van der Waals surface area contributed by atoms with E-state index >= 15 is 0 Å². The smallest absolute Gasteiger partial charge is 0.282 e. The molecule has 1 aromatic heterocycles. The predicted molar refractivity (Wildman–Crippen MR) is 94.5 cm³/mol. The van der Waals surface area contributed by atoms with Gasteiger partial charge in [-0.2, -0.15) is 4.98 Å². The number of hydrogen-bond donors (Lipinski definition) is 2. The minimum Gasteiger partial charge on any atom is -0.506 e. The van der Waals surface area contributed by atoms with E-state index in [1.807, 2.05) is 48.5 Å². The highest BCUT2D eigenvalue weighted by Crippen LogP contribution is 2.26. The predicted octanol–water partition coefficient (Wildman–Crippen LogP) is 1.35.